The molecule has 0 heterocycles. The van der Waals surface area contributed by atoms with E-state index in [1.165, 1.54) is 19.2 Å². The van der Waals surface area contributed by atoms with Gasteiger partial charge in [0.15, 0.2) is 9.84 Å². The number of ether oxygens (including phenoxy) is 1. The van der Waals surface area contributed by atoms with Crippen LogP contribution in [0.4, 0.5) is 5.69 Å². The van der Waals surface area contributed by atoms with E-state index in [0.717, 1.165) is 16.8 Å². The molecule has 2 aromatic rings. The first-order valence-electron chi connectivity index (χ1n) is 8.63. The minimum absolute atomic E-state index is 0.183. The highest BCUT2D eigenvalue weighted by atomic mass is 32.2. The zero-order chi connectivity index (χ0) is 21.8. The van der Waals surface area contributed by atoms with Crippen LogP contribution in [-0.2, 0) is 24.7 Å². The standard InChI is InChI=1S/C19H24N2O6S2/c1-14(15-5-11-18(12-6-15)28(3,23)24)20-19(22)13-21(29(4,25)26)16-7-9-17(27-2)10-8-16/h5-12,14H,13H2,1-4H3,(H,20,22)/t14-/m1/s1. The fraction of sp³-hybridized carbons (Fsp3) is 0.316. The molecule has 0 aromatic heterocycles. The topological polar surface area (TPSA) is 110 Å². The largest absolute Gasteiger partial charge is 0.497 e. The molecule has 2 rings (SSSR count). The lowest BCUT2D eigenvalue weighted by Crippen LogP contribution is -2.41. The summed E-state index contributed by atoms with van der Waals surface area (Å²) in [5, 5.41) is 2.73. The van der Waals surface area contributed by atoms with Gasteiger partial charge in [-0.25, -0.2) is 16.8 Å². The molecule has 0 spiro atoms. The van der Waals surface area contributed by atoms with E-state index in [4.69, 9.17) is 4.74 Å². The molecule has 0 saturated heterocycles. The van der Waals surface area contributed by atoms with Crippen molar-refractivity contribution in [2.75, 3.05) is 30.5 Å². The van der Waals surface area contributed by atoms with E-state index in [2.05, 4.69) is 5.32 Å². The Labute approximate surface area is 171 Å². The molecule has 2 aromatic carbocycles. The Morgan fingerprint density at radius 2 is 1.55 bits per heavy atom. The van der Waals surface area contributed by atoms with E-state index in [1.807, 2.05) is 0 Å². The number of benzene rings is 2. The summed E-state index contributed by atoms with van der Waals surface area (Å²) in [6.45, 7) is 1.34. The lowest BCUT2D eigenvalue weighted by molar-refractivity contribution is -0.120. The van der Waals surface area contributed by atoms with Gasteiger partial charge in [-0.2, -0.15) is 0 Å². The van der Waals surface area contributed by atoms with Crippen molar-refractivity contribution in [3.8, 4) is 5.75 Å². The fourth-order valence-corrected chi connectivity index (χ4v) is 4.14. The van der Waals surface area contributed by atoms with Crippen molar-refractivity contribution in [2.45, 2.75) is 17.9 Å². The molecule has 1 atom stereocenters. The molecular formula is C19H24N2O6S2. The highest BCUT2D eigenvalue weighted by Crippen LogP contribution is 2.22. The van der Waals surface area contributed by atoms with Gasteiger partial charge in [0.1, 0.15) is 12.3 Å². The van der Waals surface area contributed by atoms with Crippen LogP contribution in [-0.4, -0.2) is 48.9 Å². The maximum absolute atomic E-state index is 12.5. The van der Waals surface area contributed by atoms with Crippen molar-refractivity contribution in [1.82, 2.24) is 5.32 Å². The third-order valence-electron chi connectivity index (χ3n) is 4.23. The van der Waals surface area contributed by atoms with E-state index in [0.29, 0.717) is 17.0 Å². The first-order valence-corrected chi connectivity index (χ1v) is 12.4. The number of hydrogen-bond acceptors (Lipinski definition) is 6. The summed E-state index contributed by atoms with van der Waals surface area (Å²) in [5.74, 6) is 0.0729. The number of hydrogen-bond donors (Lipinski definition) is 1. The van der Waals surface area contributed by atoms with E-state index < -0.39 is 38.4 Å². The maximum Gasteiger partial charge on any atom is 0.241 e. The van der Waals surface area contributed by atoms with Crippen LogP contribution in [0.15, 0.2) is 53.4 Å². The third kappa shape index (κ3) is 6.20. The number of amides is 1. The molecule has 10 heteroatoms. The fourth-order valence-electron chi connectivity index (χ4n) is 2.65. The van der Waals surface area contributed by atoms with Gasteiger partial charge >= 0.3 is 0 Å². The Bertz CT molecular complexity index is 1060. The van der Waals surface area contributed by atoms with Crippen LogP contribution < -0.4 is 14.4 Å². The predicted octanol–water partition coefficient (Wildman–Crippen LogP) is 1.74. The lowest BCUT2D eigenvalue weighted by atomic mass is 10.1. The molecule has 0 fully saturated rings. The number of anilines is 1. The van der Waals surface area contributed by atoms with Gasteiger partial charge < -0.3 is 10.1 Å². The third-order valence-corrected chi connectivity index (χ3v) is 6.50. The molecule has 1 amide bonds. The highest BCUT2D eigenvalue weighted by Gasteiger charge is 2.22. The molecule has 29 heavy (non-hydrogen) atoms. The number of carbonyl (C=O) groups excluding carboxylic acids is 1. The molecule has 0 unspecified atom stereocenters. The molecule has 0 radical (unpaired) electrons. The second kappa shape index (κ2) is 8.83. The van der Waals surface area contributed by atoms with E-state index in [1.54, 1.807) is 43.3 Å². The number of methoxy groups -OCH3 is 1. The molecule has 0 saturated carbocycles. The normalized spacial score (nSPS) is 12.8. The van der Waals surface area contributed by atoms with Crippen molar-refractivity contribution in [3.63, 3.8) is 0 Å². The van der Waals surface area contributed by atoms with Gasteiger partial charge in [0.25, 0.3) is 0 Å². The molecule has 0 aliphatic carbocycles. The van der Waals surface area contributed by atoms with E-state index in [-0.39, 0.29) is 4.90 Å². The summed E-state index contributed by atoms with van der Waals surface area (Å²) < 4.78 is 53.5. The van der Waals surface area contributed by atoms with Crippen LogP contribution >= 0.6 is 0 Å². The summed E-state index contributed by atoms with van der Waals surface area (Å²) >= 11 is 0. The second-order valence-corrected chi connectivity index (χ2v) is 10.5. The number of nitrogens with one attached hydrogen (secondary N) is 1. The van der Waals surface area contributed by atoms with Gasteiger partial charge in [-0.3, -0.25) is 9.10 Å². The summed E-state index contributed by atoms with van der Waals surface area (Å²) in [6, 6.07) is 12.0. The summed E-state index contributed by atoms with van der Waals surface area (Å²) in [4.78, 5) is 12.7. The highest BCUT2D eigenvalue weighted by molar-refractivity contribution is 7.92. The molecule has 158 valence electrons. The van der Waals surface area contributed by atoms with Crippen molar-refractivity contribution in [3.05, 3.63) is 54.1 Å². The number of sulfonamides is 1. The van der Waals surface area contributed by atoms with Gasteiger partial charge in [0.05, 0.1) is 30.0 Å². The molecule has 0 aliphatic rings. The minimum Gasteiger partial charge on any atom is -0.497 e. The van der Waals surface area contributed by atoms with Crippen molar-refractivity contribution >= 4 is 31.5 Å². The molecule has 8 nitrogen and oxygen atoms in total. The smallest absolute Gasteiger partial charge is 0.241 e. The minimum atomic E-state index is -3.69. The zero-order valence-electron chi connectivity index (χ0n) is 16.6. The van der Waals surface area contributed by atoms with Gasteiger partial charge in [-0.05, 0) is 48.9 Å². The van der Waals surface area contributed by atoms with Crippen molar-refractivity contribution < 1.29 is 26.4 Å². The maximum atomic E-state index is 12.5. The van der Waals surface area contributed by atoms with Crippen LogP contribution in [0.3, 0.4) is 0 Å². The number of sulfone groups is 1. The molecular weight excluding hydrogens is 416 g/mol. The SMILES string of the molecule is COc1ccc(N(CC(=O)N[C@H](C)c2ccc(S(C)(=O)=O)cc2)S(C)(=O)=O)cc1. The van der Waals surface area contributed by atoms with Crippen LogP contribution in [0.1, 0.15) is 18.5 Å². The van der Waals surface area contributed by atoms with Crippen LogP contribution in [0.25, 0.3) is 0 Å². The van der Waals surface area contributed by atoms with Crippen LogP contribution in [0.2, 0.25) is 0 Å². The Morgan fingerprint density at radius 1 is 1.00 bits per heavy atom. The summed E-state index contributed by atoms with van der Waals surface area (Å²) in [6.07, 6.45) is 2.14. The van der Waals surface area contributed by atoms with E-state index in [9.17, 15) is 21.6 Å². The number of rotatable bonds is 8. The van der Waals surface area contributed by atoms with Gasteiger partial charge in [0, 0.05) is 6.26 Å². The van der Waals surface area contributed by atoms with Gasteiger partial charge in [-0.1, -0.05) is 12.1 Å². The summed E-state index contributed by atoms with van der Waals surface area (Å²) in [7, 11) is -5.50. The molecule has 0 bridgehead atoms. The average molecular weight is 441 g/mol. The second-order valence-electron chi connectivity index (χ2n) is 6.60. The van der Waals surface area contributed by atoms with Crippen LogP contribution in [0.5, 0.6) is 5.75 Å². The monoisotopic (exact) mass is 440 g/mol. The van der Waals surface area contributed by atoms with Crippen LogP contribution in [0, 0.1) is 0 Å². The molecule has 0 aliphatic heterocycles. The summed E-state index contributed by atoms with van der Waals surface area (Å²) in [5.41, 5.74) is 1.04. The Hall–Kier alpha value is -2.59. The van der Waals surface area contributed by atoms with Gasteiger partial charge in [-0.15, -0.1) is 0 Å². The van der Waals surface area contributed by atoms with Crippen molar-refractivity contribution in [2.24, 2.45) is 0 Å². The number of nitrogens with zero attached hydrogens (tertiary/aromatic N) is 1. The predicted molar refractivity (Wildman–Crippen MR) is 111 cm³/mol. The lowest BCUT2D eigenvalue weighted by Gasteiger charge is -2.23. The molecule has 1 N–H and O–H groups in total. The van der Waals surface area contributed by atoms with Crippen molar-refractivity contribution in [1.29, 1.82) is 0 Å². The average Bonchev–Trinajstić information content (AvgIpc) is 2.64. The first kappa shape index (κ1) is 22.7. The number of carbonyl (C=O) groups is 1. The Morgan fingerprint density at radius 3 is 2.00 bits per heavy atom. The quantitative estimate of drug-likeness (QED) is 0.670. The first-order chi connectivity index (χ1) is 13.4. The zero-order valence-corrected chi connectivity index (χ0v) is 18.2. The van der Waals surface area contributed by atoms with E-state index >= 15 is 0 Å². The Balaban J connectivity index is 2.13. The van der Waals surface area contributed by atoms with Gasteiger partial charge in [0.2, 0.25) is 15.9 Å². The Kier molecular flexibility index (Phi) is 6.91.